The van der Waals surface area contributed by atoms with Crippen molar-refractivity contribution in [2.24, 2.45) is 5.14 Å². The molecule has 0 bridgehead atoms. The molecule has 0 amide bonds. The van der Waals surface area contributed by atoms with Gasteiger partial charge in [-0.05, 0) is 38.1 Å². The third kappa shape index (κ3) is 3.46. The lowest BCUT2D eigenvalue weighted by Gasteiger charge is -2.38. The SMILES string of the molecule is CC(C)N1CCN(c2ccc(S(N)(=O)=O)cc2)CC1. The minimum atomic E-state index is -3.60. The number of nitrogens with zero attached hydrogens (tertiary/aromatic N) is 2. The molecule has 2 rings (SSSR count). The smallest absolute Gasteiger partial charge is 0.238 e. The van der Waals surface area contributed by atoms with Crippen molar-refractivity contribution < 1.29 is 8.42 Å². The van der Waals surface area contributed by atoms with Crippen LogP contribution in [0, 0.1) is 0 Å². The van der Waals surface area contributed by atoms with Crippen LogP contribution in [-0.2, 0) is 10.0 Å². The highest BCUT2D eigenvalue weighted by atomic mass is 32.2. The van der Waals surface area contributed by atoms with E-state index >= 15 is 0 Å². The minimum Gasteiger partial charge on any atom is -0.369 e. The maximum atomic E-state index is 11.2. The Morgan fingerprint density at radius 2 is 1.58 bits per heavy atom. The van der Waals surface area contributed by atoms with E-state index in [-0.39, 0.29) is 4.90 Å². The van der Waals surface area contributed by atoms with Gasteiger partial charge in [0.25, 0.3) is 0 Å². The van der Waals surface area contributed by atoms with Crippen LogP contribution in [0.15, 0.2) is 29.2 Å². The zero-order valence-corrected chi connectivity index (χ0v) is 12.2. The largest absolute Gasteiger partial charge is 0.369 e. The molecule has 0 unspecified atom stereocenters. The number of piperazine rings is 1. The van der Waals surface area contributed by atoms with Crippen LogP contribution in [0.25, 0.3) is 0 Å². The molecule has 0 aromatic heterocycles. The van der Waals surface area contributed by atoms with Gasteiger partial charge in [-0.2, -0.15) is 0 Å². The van der Waals surface area contributed by atoms with Crippen molar-refractivity contribution in [3.63, 3.8) is 0 Å². The predicted molar refractivity (Wildman–Crippen MR) is 76.7 cm³/mol. The van der Waals surface area contributed by atoms with Gasteiger partial charge >= 0.3 is 0 Å². The molecule has 5 nitrogen and oxygen atoms in total. The first kappa shape index (κ1) is 14.3. The summed E-state index contributed by atoms with van der Waals surface area (Å²) in [5, 5.41) is 5.09. The highest BCUT2D eigenvalue weighted by Gasteiger charge is 2.19. The molecule has 1 saturated heterocycles. The Morgan fingerprint density at radius 3 is 2.00 bits per heavy atom. The van der Waals surface area contributed by atoms with E-state index in [1.165, 1.54) is 0 Å². The monoisotopic (exact) mass is 283 g/mol. The molecule has 1 heterocycles. The zero-order chi connectivity index (χ0) is 14.0. The van der Waals surface area contributed by atoms with Gasteiger partial charge in [-0.1, -0.05) is 0 Å². The first-order valence-corrected chi connectivity index (χ1v) is 8.04. The molecule has 0 saturated carbocycles. The van der Waals surface area contributed by atoms with Crippen LogP contribution in [-0.4, -0.2) is 45.5 Å². The number of rotatable bonds is 3. The molecule has 6 heteroatoms. The van der Waals surface area contributed by atoms with Crippen molar-refractivity contribution in [3.8, 4) is 0 Å². The quantitative estimate of drug-likeness (QED) is 0.893. The second kappa shape index (κ2) is 5.48. The molecule has 0 radical (unpaired) electrons. The van der Waals surface area contributed by atoms with Crippen molar-refractivity contribution in [1.29, 1.82) is 0 Å². The van der Waals surface area contributed by atoms with Gasteiger partial charge in [0.15, 0.2) is 0 Å². The zero-order valence-electron chi connectivity index (χ0n) is 11.4. The molecule has 1 aliphatic heterocycles. The van der Waals surface area contributed by atoms with E-state index in [1.807, 2.05) is 12.1 Å². The van der Waals surface area contributed by atoms with Crippen molar-refractivity contribution in [2.75, 3.05) is 31.1 Å². The minimum absolute atomic E-state index is 0.164. The molecule has 0 spiro atoms. The van der Waals surface area contributed by atoms with Crippen molar-refractivity contribution in [1.82, 2.24) is 4.90 Å². The summed E-state index contributed by atoms with van der Waals surface area (Å²) in [5.41, 5.74) is 1.05. The van der Waals surface area contributed by atoms with Gasteiger partial charge in [0.1, 0.15) is 0 Å². The van der Waals surface area contributed by atoms with Gasteiger partial charge in [-0.15, -0.1) is 0 Å². The molecule has 1 aromatic rings. The van der Waals surface area contributed by atoms with E-state index in [1.54, 1.807) is 12.1 Å². The molecule has 2 N–H and O–H groups in total. The van der Waals surface area contributed by atoms with Crippen LogP contribution in [0.4, 0.5) is 5.69 Å². The van der Waals surface area contributed by atoms with Crippen molar-refractivity contribution >= 4 is 15.7 Å². The van der Waals surface area contributed by atoms with Gasteiger partial charge in [0, 0.05) is 37.9 Å². The van der Waals surface area contributed by atoms with Crippen molar-refractivity contribution in [2.45, 2.75) is 24.8 Å². The highest BCUT2D eigenvalue weighted by Crippen LogP contribution is 2.19. The fourth-order valence-electron chi connectivity index (χ4n) is 2.34. The number of sulfonamides is 1. The maximum Gasteiger partial charge on any atom is 0.238 e. The molecular weight excluding hydrogens is 262 g/mol. The molecular formula is C13H21N3O2S. The fourth-order valence-corrected chi connectivity index (χ4v) is 2.86. The Bertz CT molecular complexity index is 517. The highest BCUT2D eigenvalue weighted by molar-refractivity contribution is 7.89. The number of anilines is 1. The van der Waals surface area contributed by atoms with Crippen LogP contribution >= 0.6 is 0 Å². The molecule has 1 fully saturated rings. The Kier molecular flexibility index (Phi) is 4.13. The van der Waals surface area contributed by atoms with Crippen LogP contribution in [0.2, 0.25) is 0 Å². The third-order valence-electron chi connectivity index (χ3n) is 3.57. The topological polar surface area (TPSA) is 66.6 Å². The Labute approximate surface area is 115 Å². The van der Waals surface area contributed by atoms with E-state index in [9.17, 15) is 8.42 Å². The normalized spacial score (nSPS) is 18.0. The number of primary sulfonamides is 1. The first-order valence-electron chi connectivity index (χ1n) is 6.50. The van der Waals surface area contributed by atoms with Gasteiger partial charge in [-0.25, -0.2) is 13.6 Å². The van der Waals surface area contributed by atoms with Gasteiger partial charge < -0.3 is 4.90 Å². The molecule has 0 aliphatic carbocycles. The van der Waals surface area contributed by atoms with E-state index in [0.29, 0.717) is 6.04 Å². The second-order valence-electron chi connectivity index (χ2n) is 5.16. The fraction of sp³-hybridized carbons (Fsp3) is 0.538. The molecule has 1 aliphatic rings. The number of benzene rings is 1. The number of hydrogen-bond acceptors (Lipinski definition) is 4. The van der Waals surface area contributed by atoms with E-state index in [0.717, 1.165) is 31.9 Å². The number of hydrogen-bond donors (Lipinski definition) is 1. The molecule has 19 heavy (non-hydrogen) atoms. The number of nitrogens with two attached hydrogens (primary N) is 1. The summed E-state index contributed by atoms with van der Waals surface area (Å²) in [6.45, 7) is 8.41. The Morgan fingerprint density at radius 1 is 1.05 bits per heavy atom. The molecule has 1 aromatic carbocycles. The van der Waals surface area contributed by atoms with E-state index in [2.05, 4.69) is 23.6 Å². The van der Waals surface area contributed by atoms with Crippen LogP contribution in [0.3, 0.4) is 0 Å². The summed E-state index contributed by atoms with van der Waals surface area (Å²) in [6, 6.07) is 7.36. The van der Waals surface area contributed by atoms with Crippen molar-refractivity contribution in [3.05, 3.63) is 24.3 Å². The Hall–Kier alpha value is -1.11. The van der Waals surface area contributed by atoms with E-state index < -0.39 is 10.0 Å². The summed E-state index contributed by atoms with van der Waals surface area (Å²) < 4.78 is 22.4. The lowest BCUT2D eigenvalue weighted by atomic mass is 10.2. The predicted octanol–water partition coefficient (Wildman–Crippen LogP) is 0.864. The second-order valence-corrected chi connectivity index (χ2v) is 6.72. The summed E-state index contributed by atoms with van der Waals surface area (Å²) in [5.74, 6) is 0. The standard InChI is InChI=1S/C13H21N3O2S/c1-11(2)15-7-9-16(10-8-15)12-3-5-13(6-4-12)19(14,17)18/h3-6,11H,7-10H2,1-2H3,(H2,14,17,18). The molecule has 106 valence electrons. The lowest BCUT2D eigenvalue weighted by molar-refractivity contribution is 0.209. The first-order chi connectivity index (χ1) is 8.88. The summed E-state index contributed by atoms with van der Waals surface area (Å²) >= 11 is 0. The van der Waals surface area contributed by atoms with Crippen LogP contribution < -0.4 is 10.0 Å². The van der Waals surface area contributed by atoms with Gasteiger partial charge in [0.2, 0.25) is 10.0 Å². The lowest BCUT2D eigenvalue weighted by Crippen LogP contribution is -2.48. The average molecular weight is 283 g/mol. The van der Waals surface area contributed by atoms with Gasteiger partial charge in [-0.3, -0.25) is 4.90 Å². The van der Waals surface area contributed by atoms with Gasteiger partial charge in [0.05, 0.1) is 4.90 Å². The average Bonchev–Trinajstić information content (AvgIpc) is 2.38. The molecule has 0 atom stereocenters. The summed E-state index contributed by atoms with van der Waals surface area (Å²) in [4.78, 5) is 4.87. The maximum absolute atomic E-state index is 11.2. The summed E-state index contributed by atoms with van der Waals surface area (Å²) in [7, 11) is -3.60. The summed E-state index contributed by atoms with van der Waals surface area (Å²) in [6.07, 6.45) is 0. The Balaban J connectivity index is 2.04. The van der Waals surface area contributed by atoms with Crippen LogP contribution in [0.5, 0.6) is 0 Å². The van der Waals surface area contributed by atoms with E-state index in [4.69, 9.17) is 5.14 Å². The third-order valence-corrected chi connectivity index (χ3v) is 4.50. The van der Waals surface area contributed by atoms with Crippen LogP contribution in [0.1, 0.15) is 13.8 Å².